The van der Waals surface area contributed by atoms with E-state index >= 15 is 0 Å². The lowest BCUT2D eigenvalue weighted by molar-refractivity contribution is -0.116. The molecular weight excluding hydrogens is 276 g/mol. The molecular formula is C19H28O3. The first-order chi connectivity index (χ1) is 10.5. The summed E-state index contributed by atoms with van der Waals surface area (Å²) in [7, 11) is 0. The predicted octanol–water partition coefficient (Wildman–Crippen LogP) is 4.50. The van der Waals surface area contributed by atoms with Crippen LogP contribution >= 0.6 is 0 Å². The van der Waals surface area contributed by atoms with E-state index in [4.69, 9.17) is 0 Å². The molecule has 122 valence electrons. The first kappa shape index (κ1) is 18.5. The van der Waals surface area contributed by atoms with Gasteiger partial charge in [-0.1, -0.05) is 32.1 Å². The smallest absolute Gasteiger partial charge is 0.185 e. The average molecular weight is 304 g/mol. The van der Waals surface area contributed by atoms with E-state index in [1.807, 2.05) is 0 Å². The summed E-state index contributed by atoms with van der Waals surface area (Å²) in [5.74, 6) is 0.0886. The monoisotopic (exact) mass is 304 g/mol. The van der Waals surface area contributed by atoms with Crippen molar-refractivity contribution in [2.24, 2.45) is 0 Å². The first-order valence-corrected chi connectivity index (χ1v) is 8.41. The summed E-state index contributed by atoms with van der Waals surface area (Å²) in [6.45, 7) is 5.26. The van der Waals surface area contributed by atoms with E-state index in [0.29, 0.717) is 29.6 Å². The Balaban J connectivity index is 2.29. The van der Waals surface area contributed by atoms with Crippen LogP contribution in [0.3, 0.4) is 0 Å². The number of unbranched alkanes of at least 4 members (excludes halogenated alkanes) is 7. The molecule has 0 atom stereocenters. The standard InChI is InChI=1S/C19H28O3/c1-14-15(2)19(22)17(16(3)18(14)21)12-10-8-6-4-5-7-9-11-13-20/h13H,4-12H2,1-3H3. The maximum atomic E-state index is 12.3. The van der Waals surface area contributed by atoms with E-state index in [1.54, 1.807) is 20.8 Å². The van der Waals surface area contributed by atoms with Crippen LogP contribution in [0.2, 0.25) is 0 Å². The molecule has 1 aliphatic rings. The quantitative estimate of drug-likeness (QED) is 0.339. The first-order valence-electron chi connectivity index (χ1n) is 8.41. The van der Waals surface area contributed by atoms with Crippen molar-refractivity contribution in [1.82, 2.24) is 0 Å². The fourth-order valence-corrected chi connectivity index (χ4v) is 2.87. The lowest BCUT2D eigenvalue weighted by Gasteiger charge is -2.18. The van der Waals surface area contributed by atoms with Crippen molar-refractivity contribution in [3.05, 3.63) is 22.3 Å². The van der Waals surface area contributed by atoms with Crippen LogP contribution in [0, 0.1) is 0 Å². The van der Waals surface area contributed by atoms with Gasteiger partial charge < -0.3 is 4.79 Å². The molecule has 0 unspecified atom stereocenters. The molecule has 0 aromatic rings. The van der Waals surface area contributed by atoms with Gasteiger partial charge in [-0.25, -0.2) is 0 Å². The van der Waals surface area contributed by atoms with Gasteiger partial charge >= 0.3 is 0 Å². The van der Waals surface area contributed by atoms with Crippen molar-refractivity contribution in [3.63, 3.8) is 0 Å². The lowest BCUT2D eigenvalue weighted by atomic mass is 9.84. The molecule has 0 saturated heterocycles. The molecule has 3 nitrogen and oxygen atoms in total. The highest BCUT2D eigenvalue weighted by Gasteiger charge is 2.26. The van der Waals surface area contributed by atoms with Gasteiger partial charge in [0.25, 0.3) is 0 Å². The Hall–Kier alpha value is -1.51. The third kappa shape index (κ3) is 5.04. The number of carbonyl (C=O) groups is 3. The molecule has 0 saturated carbocycles. The van der Waals surface area contributed by atoms with Gasteiger partial charge in [0.05, 0.1) is 0 Å². The molecule has 0 N–H and O–H groups in total. The Morgan fingerprint density at radius 2 is 1.18 bits per heavy atom. The zero-order chi connectivity index (χ0) is 16.5. The van der Waals surface area contributed by atoms with E-state index in [1.165, 1.54) is 12.8 Å². The third-order valence-corrected chi connectivity index (χ3v) is 4.56. The van der Waals surface area contributed by atoms with Gasteiger partial charge in [-0.15, -0.1) is 0 Å². The minimum absolute atomic E-state index is 0.0299. The van der Waals surface area contributed by atoms with Crippen molar-refractivity contribution in [3.8, 4) is 0 Å². The number of carbonyl (C=O) groups excluding carboxylic acids is 3. The van der Waals surface area contributed by atoms with Crippen molar-refractivity contribution in [2.75, 3.05) is 0 Å². The lowest BCUT2D eigenvalue weighted by Crippen LogP contribution is -2.20. The summed E-state index contributed by atoms with van der Waals surface area (Å²) < 4.78 is 0. The van der Waals surface area contributed by atoms with Gasteiger partial charge in [0.1, 0.15) is 6.29 Å². The summed E-state index contributed by atoms with van der Waals surface area (Å²) in [6.07, 6.45) is 10.1. The maximum absolute atomic E-state index is 12.3. The van der Waals surface area contributed by atoms with Crippen LogP contribution < -0.4 is 0 Å². The van der Waals surface area contributed by atoms with Crippen molar-refractivity contribution < 1.29 is 14.4 Å². The fourth-order valence-electron chi connectivity index (χ4n) is 2.87. The number of rotatable bonds is 10. The molecule has 22 heavy (non-hydrogen) atoms. The summed E-state index contributed by atoms with van der Waals surface area (Å²) in [4.78, 5) is 34.5. The van der Waals surface area contributed by atoms with Gasteiger partial charge in [0, 0.05) is 28.7 Å². The molecule has 0 heterocycles. The van der Waals surface area contributed by atoms with Gasteiger partial charge in [-0.2, -0.15) is 0 Å². The van der Waals surface area contributed by atoms with Crippen LogP contribution in [0.15, 0.2) is 22.3 Å². The molecule has 0 aliphatic heterocycles. The van der Waals surface area contributed by atoms with Gasteiger partial charge in [0.2, 0.25) is 0 Å². The molecule has 0 spiro atoms. The topological polar surface area (TPSA) is 51.2 Å². The van der Waals surface area contributed by atoms with Gasteiger partial charge in [0.15, 0.2) is 11.6 Å². The van der Waals surface area contributed by atoms with Crippen LogP contribution in [0.5, 0.6) is 0 Å². The Bertz CT molecular complexity index is 495. The number of aldehydes is 1. The summed E-state index contributed by atoms with van der Waals surface area (Å²) in [5, 5.41) is 0. The van der Waals surface area contributed by atoms with E-state index in [-0.39, 0.29) is 11.6 Å². The molecule has 0 bridgehead atoms. The fraction of sp³-hybridized carbons (Fsp3) is 0.632. The molecule has 1 rings (SSSR count). The zero-order valence-electron chi connectivity index (χ0n) is 14.2. The number of allylic oxidation sites excluding steroid dienone is 4. The second-order valence-corrected chi connectivity index (χ2v) is 6.19. The minimum Gasteiger partial charge on any atom is -0.303 e. The van der Waals surface area contributed by atoms with Crippen LogP contribution in [-0.2, 0) is 14.4 Å². The molecule has 0 fully saturated rings. The van der Waals surface area contributed by atoms with Crippen LogP contribution in [0.1, 0.15) is 78.6 Å². The number of Topliss-reactive ketones (excluding diaryl/α,β-unsaturated/α-hetero) is 2. The minimum atomic E-state index is 0.0299. The molecule has 0 radical (unpaired) electrons. The summed E-state index contributed by atoms with van der Waals surface area (Å²) in [5.41, 5.74) is 2.57. The predicted molar refractivity (Wildman–Crippen MR) is 88.7 cm³/mol. The highest BCUT2D eigenvalue weighted by molar-refractivity contribution is 6.24. The Labute approximate surface area is 133 Å². The van der Waals surface area contributed by atoms with Gasteiger partial charge in [-0.05, 0) is 40.0 Å². The van der Waals surface area contributed by atoms with E-state index in [0.717, 1.165) is 44.0 Å². The van der Waals surface area contributed by atoms with Crippen molar-refractivity contribution in [2.45, 2.75) is 78.6 Å². The number of ketones is 2. The second-order valence-electron chi connectivity index (χ2n) is 6.19. The summed E-state index contributed by atoms with van der Waals surface area (Å²) in [6, 6.07) is 0. The molecule has 0 aromatic carbocycles. The Morgan fingerprint density at radius 3 is 1.77 bits per heavy atom. The molecule has 0 aromatic heterocycles. The molecule has 0 amide bonds. The second kappa shape index (κ2) is 9.50. The highest BCUT2D eigenvalue weighted by atomic mass is 16.1. The normalized spacial score (nSPS) is 15.8. The molecule has 1 aliphatic carbocycles. The van der Waals surface area contributed by atoms with Crippen LogP contribution in [-0.4, -0.2) is 17.9 Å². The van der Waals surface area contributed by atoms with E-state index < -0.39 is 0 Å². The highest BCUT2D eigenvalue weighted by Crippen LogP contribution is 2.27. The van der Waals surface area contributed by atoms with Crippen molar-refractivity contribution in [1.29, 1.82) is 0 Å². The maximum Gasteiger partial charge on any atom is 0.185 e. The van der Waals surface area contributed by atoms with E-state index in [9.17, 15) is 14.4 Å². The SMILES string of the molecule is CC1=C(C)C(=O)C(CCCCCCCCCC=O)=C(C)C1=O. The van der Waals surface area contributed by atoms with Gasteiger partial charge in [-0.3, -0.25) is 9.59 Å². The molecule has 3 heteroatoms. The van der Waals surface area contributed by atoms with Crippen LogP contribution in [0.4, 0.5) is 0 Å². The third-order valence-electron chi connectivity index (χ3n) is 4.56. The summed E-state index contributed by atoms with van der Waals surface area (Å²) >= 11 is 0. The van der Waals surface area contributed by atoms with E-state index in [2.05, 4.69) is 0 Å². The largest absolute Gasteiger partial charge is 0.303 e. The Morgan fingerprint density at radius 1 is 0.682 bits per heavy atom. The average Bonchev–Trinajstić information content (AvgIpc) is 2.52. The zero-order valence-corrected chi connectivity index (χ0v) is 14.2. The van der Waals surface area contributed by atoms with Crippen molar-refractivity contribution >= 4 is 17.9 Å². The number of hydrogen-bond acceptors (Lipinski definition) is 3. The number of hydrogen-bond donors (Lipinski definition) is 0. The Kier molecular flexibility index (Phi) is 8.00. The van der Waals surface area contributed by atoms with Crippen LogP contribution in [0.25, 0.3) is 0 Å².